The van der Waals surface area contributed by atoms with Crippen LogP contribution < -0.4 is 10.3 Å². The van der Waals surface area contributed by atoms with E-state index in [0.29, 0.717) is 16.7 Å². The lowest BCUT2D eigenvalue weighted by molar-refractivity contribution is 0.0970. The molecule has 0 atom stereocenters. The normalized spacial score (nSPS) is 10.7. The molecule has 0 amide bonds. The van der Waals surface area contributed by atoms with Gasteiger partial charge in [-0.25, -0.2) is 0 Å². The van der Waals surface area contributed by atoms with Gasteiger partial charge in [0.1, 0.15) is 5.75 Å². The second-order valence-electron chi connectivity index (χ2n) is 4.60. The number of methoxy groups -OCH3 is 1. The number of aromatic nitrogens is 1. The summed E-state index contributed by atoms with van der Waals surface area (Å²) in [5.41, 5.74) is 0.400. The molecule has 0 spiro atoms. The molecule has 0 bridgehead atoms. The summed E-state index contributed by atoms with van der Waals surface area (Å²) in [6.07, 6.45) is 1.67. The lowest BCUT2D eigenvalue weighted by Gasteiger charge is -2.06. The molecule has 2 aromatic heterocycles. The van der Waals surface area contributed by atoms with Crippen LogP contribution in [0.4, 0.5) is 0 Å². The molecule has 2 heterocycles. The van der Waals surface area contributed by atoms with Gasteiger partial charge in [-0.05, 0) is 29.6 Å². The van der Waals surface area contributed by atoms with E-state index in [0.717, 1.165) is 4.70 Å². The minimum Gasteiger partial charge on any atom is -0.497 e. The van der Waals surface area contributed by atoms with Gasteiger partial charge >= 0.3 is 0 Å². The van der Waals surface area contributed by atoms with E-state index in [1.807, 2.05) is 11.4 Å². The molecule has 0 N–H and O–H groups in total. The fraction of sp³-hybridized carbons (Fsp3) is 0.125. The highest BCUT2D eigenvalue weighted by atomic mass is 32.1. The number of Topliss-reactive ketones (excluding diaryl/α,β-unsaturated/α-hetero) is 1. The molecule has 4 nitrogen and oxygen atoms in total. The highest BCUT2D eigenvalue weighted by molar-refractivity contribution is 7.17. The van der Waals surface area contributed by atoms with Gasteiger partial charge in [0, 0.05) is 16.5 Å². The summed E-state index contributed by atoms with van der Waals surface area (Å²) >= 11 is 1.52. The molecule has 3 rings (SSSR count). The largest absolute Gasteiger partial charge is 0.497 e. The first-order valence-corrected chi connectivity index (χ1v) is 7.31. The van der Waals surface area contributed by atoms with Crippen LogP contribution in [0.2, 0.25) is 0 Å². The summed E-state index contributed by atoms with van der Waals surface area (Å²) in [6, 6.07) is 10.6. The molecule has 0 saturated carbocycles. The zero-order valence-corrected chi connectivity index (χ0v) is 12.2. The van der Waals surface area contributed by atoms with E-state index in [9.17, 15) is 9.59 Å². The van der Waals surface area contributed by atoms with Crippen LogP contribution in [0.25, 0.3) is 10.1 Å². The third kappa shape index (κ3) is 2.60. The van der Waals surface area contributed by atoms with Gasteiger partial charge in [0.05, 0.1) is 19.0 Å². The summed E-state index contributed by atoms with van der Waals surface area (Å²) in [5.74, 6) is 0.507. The molecule has 0 aliphatic rings. The Bertz CT molecular complexity index is 863. The van der Waals surface area contributed by atoms with Crippen molar-refractivity contribution >= 4 is 27.2 Å². The van der Waals surface area contributed by atoms with Crippen LogP contribution >= 0.6 is 11.3 Å². The molecule has 0 unspecified atom stereocenters. The number of nitrogens with zero attached hydrogens (tertiary/aromatic N) is 1. The number of rotatable bonds is 4. The molecule has 0 fully saturated rings. The quantitative estimate of drug-likeness (QED) is 0.696. The van der Waals surface area contributed by atoms with Crippen molar-refractivity contribution in [3.63, 3.8) is 0 Å². The van der Waals surface area contributed by atoms with Gasteiger partial charge in [-0.15, -0.1) is 11.3 Å². The van der Waals surface area contributed by atoms with Gasteiger partial charge in [0.25, 0.3) is 5.56 Å². The van der Waals surface area contributed by atoms with Crippen molar-refractivity contribution in [2.75, 3.05) is 7.11 Å². The molecule has 0 radical (unpaired) electrons. The number of pyridine rings is 1. The van der Waals surface area contributed by atoms with Gasteiger partial charge in [0.15, 0.2) is 5.78 Å². The molecular formula is C16H13NO3S. The zero-order chi connectivity index (χ0) is 14.8. The minimum atomic E-state index is -0.134. The predicted octanol–water partition coefficient (Wildman–Crippen LogP) is 2.95. The summed E-state index contributed by atoms with van der Waals surface area (Å²) in [7, 11) is 1.55. The third-order valence-electron chi connectivity index (χ3n) is 3.30. The molecule has 106 valence electrons. The maximum atomic E-state index is 12.3. The number of ether oxygens (including phenoxy) is 1. The fourth-order valence-corrected chi connectivity index (χ4v) is 2.95. The van der Waals surface area contributed by atoms with Crippen molar-refractivity contribution < 1.29 is 9.53 Å². The lowest BCUT2D eigenvalue weighted by atomic mass is 10.1. The number of carbonyl (C=O) groups is 1. The SMILES string of the molecule is COc1cccc(C(=O)Cn2ccc3sccc3c2=O)c1. The second kappa shape index (κ2) is 5.54. The summed E-state index contributed by atoms with van der Waals surface area (Å²) in [5, 5.41) is 2.53. The molecular weight excluding hydrogens is 286 g/mol. The predicted molar refractivity (Wildman–Crippen MR) is 83.4 cm³/mol. The number of fused-ring (bicyclic) bond motifs is 1. The zero-order valence-electron chi connectivity index (χ0n) is 11.4. The van der Waals surface area contributed by atoms with Gasteiger partial charge in [-0.1, -0.05) is 12.1 Å². The van der Waals surface area contributed by atoms with Crippen LogP contribution in [0.5, 0.6) is 5.75 Å². The van der Waals surface area contributed by atoms with Crippen LogP contribution in [-0.4, -0.2) is 17.5 Å². The van der Waals surface area contributed by atoms with Gasteiger partial charge < -0.3 is 9.30 Å². The molecule has 1 aromatic carbocycles. The second-order valence-corrected chi connectivity index (χ2v) is 5.55. The molecule has 0 aliphatic heterocycles. The molecule has 3 aromatic rings. The van der Waals surface area contributed by atoms with Crippen LogP contribution in [0.15, 0.2) is 52.8 Å². The Hall–Kier alpha value is -2.40. The van der Waals surface area contributed by atoms with Crippen LogP contribution in [0.3, 0.4) is 0 Å². The van der Waals surface area contributed by atoms with E-state index in [1.165, 1.54) is 15.9 Å². The van der Waals surface area contributed by atoms with E-state index >= 15 is 0 Å². The summed E-state index contributed by atoms with van der Waals surface area (Å²) < 4.78 is 7.48. The van der Waals surface area contributed by atoms with Crippen molar-refractivity contribution in [1.82, 2.24) is 4.57 Å². The smallest absolute Gasteiger partial charge is 0.259 e. The Labute approximate surface area is 125 Å². The average Bonchev–Trinajstić information content (AvgIpc) is 2.99. The summed E-state index contributed by atoms with van der Waals surface area (Å²) in [4.78, 5) is 24.6. The van der Waals surface area contributed by atoms with Crippen molar-refractivity contribution in [1.29, 1.82) is 0 Å². The number of benzene rings is 1. The molecule has 5 heteroatoms. The van der Waals surface area contributed by atoms with Crippen LogP contribution in [0, 0.1) is 0 Å². The first kappa shape index (κ1) is 13.6. The van der Waals surface area contributed by atoms with Crippen molar-refractivity contribution in [3.8, 4) is 5.75 Å². The van der Waals surface area contributed by atoms with Crippen molar-refractivity contribution in [3.05, 3.63) is 63.9 Å². The standard InChI is InChI=1S/C16H13NO3S/c1-20-12-4-2-3-11(9-12)14(18)10-17-7-5-15-13(16(17)19)6-8-21-15/h2-9H,10H2,1H3. The summed E-state index contributed by atoms with van der Waals surface area (Å²) in [6.45, 7) is 0.0256. The first-order valence-electron chi connectivity index (χ1n) is 6.43. The number of hydrogen-bond donors (Lipinski definition) is 0. The fourth-order valence-electron chi connectivity index (χ4n) is 2.17. The maximum Gasteiger partial charge on any atom is 0.259 e. The van der Waals surface area contributed by atoms with E-state index < -0.39 is 0 Å². The van der Waals surface area contributed by atoms with E-state index in [2.05, 4.69) is 0 Å². The third-order valence-corrected chi connectivity index (χ3v) is 4.18. The number of thiophene rings is 1. The highest BCUT2D eigenvalue weighted by Crippen LogP contribution is 2.17. The number of hydrogen-bond acceptors (Lipinski definition) is 4. The lowest BCUT2D eigenvalue weighted by Crippen LogP contribution is -2.23. The number of carbonyl (C=O) groups excluding carboxylic acids is 1. The Balaban J connectivity index is 1.92. The van der Waals surface area contributed by atoms with Crippen LogP contribution in [0.1, 0.15) is 10.4 Å². The monoisotopic (exact) mass is 299 g/mol. The van der Waals surface area contributed by atoms with Gasteiger partial charge in [-0.2, -0.15) is 0 Å². The first-order chi connectivity index (χ1) is 10.2. The highest BCUT2D eigenvalue weighted by Gasteiger charge is 2.10. The maximum absolute atomic E-state index is 12.3. The average molecular weight is 299 g/mol. The Morgan fingerprint density at radius 3 is 2.95 bits per heavy atom. The van der Waals surface area contributed by atoms with E-state index in [1.54, 1.807) is 43.6 Å². The molecule has 0 saturated heterocycles. The topological polar surface area (TPSA) is 48.3 Å². The van der Waals surface area contributed by atoms with Crippen molar-refractivity contribution in [2.24, 2.45) is 0 Å². The van der Waals surface area contributed by atoms with Gasteiger partial charge in [0.2, 0.25) is 0 Å². The molecule has 0 aliphatic carbocycles. The van der Waals surface area contributed by atoms with E-state index in [-0.39, 0.29) is 17.9 Å². The van der Waals surface area contributed by atoms with Crippen molar-refractivity contribution in [2.45, 2.75) is 6.54 Å². The Kier molecular flexibility index (Phi) is 3.58. The number of ketones is 1. The van der Waals surface area contributed by atoms with E-state index in [4.69, 9.17) is 4.74 Å². The molecule has 21 heavy (non-hydrogen) atoms. The Morgan fingerprint density at radius 2 is 2.14 bits per heavy atom. The minimum absolute atomic E-state index is 0.0256. The van der Waals surface area contributed by atoms with Crippen LogP contribution in [-0.2, 0) is 6.54 Å². The van der Waals surface area contributed by atoms with Gasteiger partial charge in [-0.3, -0.25) is 9.59 Å². The Morgan fingerprint density at radius 1 is 1.29 bits per heavy atom.